The van der Waals surface area contributed by atoms with E-state index in [1.165, 1.54) is 28.9 Å². The van der Waals surface area contributed by atoms with Gasteiger partial charge in [0.25, 0.3) is 11.2 Å². The van der Waals surface area contributed by atoms with Crippen molar-refractivity contribution in [2.75, 3.05) is 5.32 Å². The number of aryl methyl sites for hydroxylation is 1. The van der Waals surface area contributed by atoms with E-state index < -0.39 is 66.0 Å². The maximum absolute atomic E-state index is 12.4. The van der Waals surface area contributed by atoms with Gasteiger partial charge in [-0.05, 0) is 36.2 Å². The van der Waals surface area contributed by atoms with Crippen LogP contribution in [0.1, 0.15) is 25.8 Å². The molecule has 275 valence electrons. The first-order valence-corrected chi connectivity index (χ1v) is 16.1. The Kier molecular flexibility index (Phi) is 14.0. The van der Waals surface area contributed by atoms with Gasteiger partial charge in [0.15, 0.2) is 5.78 Å². The van der Waals surface area contributed by atoms with Crippen molar-refractivity contribution in [2.45, 2.75) is 18.7 Å². The zero-order valence-corrected chi connectivity index (χ0v) is 29.8. The van der Waals surface area contributed by atoms with Crippen molar-refractivity contribution in [3.8, 4) is 11.4 Å². The molecule has 0 saturated carbocycles. The van der Waals surface area contributed by atoms with Gasteiger partial charge in [0, 0.05) is 36.0 Å². The van der Waals surface area contributed by atoms with Crippen molar-refractivity contribution in [1.29, 1.82) is 0 Å². The van der Waals surface area contributed by atoms with Gasteiger partial charge in [-0.2, -0.15) is 5.11 Å². The summed E-state index contributed by atoms with van der Waals surface area (Å²) >= 11 is 0. The number of ketones is 1. The van der Waals surface area contributed by atoms with Crippen LogP contribution in [0.25, 0.3) is 5.69 Å². The smallest absolute Gasteiger partial charge is 0.870 e. The van der Waals surface area contributed by atoms with Crippen LogP contribution in [0.3, 0.4) is 0 Å². The van der Waals surface area contributed by atoms with E-state index in [0.29, 0.717) is 29.2 Å². The molecule has 1 heterocycles. The second-order valence-electron chi connectivity index (χ2n) is 10.4. The molecule has 54 heavy (non-hydrogen) atoms. The summed E-state index contributed by atoms with van der Waals surface area (Å²) < 4.78 is 34.7. The van der Waals surface area contributed by atoms with Crippen molar-refractivity contribution in [3.05, 3.63) is 140 Å². The molecule has 0 atom stereocenters. The SMILES string of the molecule is CC(=O)/C(N=Nc1cc([N+](=O)[O-])cc(S(=O)(=O)[O-])c1[O-])=C(\[O-])Nc1ccccc1.Cc1[n-]n(-c2ccccc2)c(=O)c1N=Nc1ccccc1C(=O)[O-].[Cr+3].[H+].[H+]. The number of nitrogens with zero attached hydrogens (tertiary/aromatic N) is 7. The van der Waals surface area contributed by atoms with Gasteiger partial charge in [0.05, 0.1) is 27.2 Å². The Hall–Kier alpha value is -6.79. The average molecular weight is 794 g/mol. The van der Waals surface area contributed by atoms with Gasteiger partial charge in [-0.15, -0.1) is 21.0 Å². The molecule has 0 unspecified atom stereocenters. The minimum Gasteiger partial charge on any atom is -0.870 e. The normalized spacial score (nSPS) is 11.6. The van der Waals surface area contributed by atoms with E-state index in [0.717, 1.165) is 6.92 Å². The summed E-state index contributed by atoms with van der Waals surface area (Å²) in [5, 5.41) is 67.2. The number of nitro benzene ring substituents is 1. The van der Waals surface area contributed by atoms with Crippen LogP contribution >= 0.6 is 0 Å². The summed E-state index contributed by atoms with van der Waals surface area (Å²) in [6.07, 6.45) is 0. The van der Waals surface area contributed by atoms with Gasteiger partial charge < -0.3 is 39.8 Å². The number of Topliss-reactive ketones (excluding diaryl/α,β-unsaturated/α-hetero) is 1. The summed E-state index contributed by atoms with van der Waals surface area (Å²) in [5.74, 6) is -4.65. The summed E-state index contributed by atoms with van der Waals surface area (Å²) in [6.45, 7) is 2.62. The molecule has 1 N–H and O–H groups in total. The second kappa shape index (κ2) is 18.1. The topological polar surface area (TPSA) is 301 Å². The number of non-ortho nitro benzene ring substituents is 1. The van der Waals surface area contributed by atoms with Crippen LogP contribution in [-0.4, -0.2) is 34.3 Å². The summed E-state index contributed by atoms with van der Waals surface area (Å²) in [6, 6.07) is 23.8. The van der Waals surface area contributed by atoms with Crippen LogP contribution in [0.4, 0.5) is 28.4 Å². The van der Waals surface area contributed by atoms with Crippen molar-refractivity contribution < 1.29 is 63.0 Å². The number of carbonyl (C=O) groups is 2. The number of nitrogens with one attached hydrogen (secondary N) is 1. The predicted molar refractivity (Wildman–Crippen MR) is 180 cm³/mol. The van der Waals surface area contributed by atoms with Gasteiger partial charge >= 0.3 is 20.2 Å². The molecule has 0 aliphatic heterocycles. The number of allylic oxidation sites excluding steroid dienone is 1. The third-order valence-corrected chi connectivity index (χ3v) is 7.55. The molecule has 5 rings (SSSR count). The number of carbonyl (C=O) groups excluding carboxylic acids is 2. The van der Waals surface area contributed by atoms with Crippen LogP contribution < -0.4 is 31.3 Å². The van der Waals surface area contributed by atoms with E-state index in [2.05, 4.69) is 30.9 Å². The molecule has 5 aromatic rings. The van der Waals surface area contributed by atoms with E-state index >= 15 is 0 Å². The minimum atomic E-state index is -5.35. The molecule has 0 aliphatic rings. The van der Waals surface area contributed by atoms with Crippen LogP contribution in [0.5, 0.6) is 5.75 Å². The Labute approximate surface area is 318 Å². The number of anilines is 1. The number of rotatable bonds is 11. The Morgan fingerprint density at radius 3 is 2.06 bits per heavy atom. The first-order valence-electron chi connectivity index (χ1n) is 14.7. The number of aromatic carboxylic acids is 1. The monoisotopic (exact) mass is 793 g/mol. The zero-order valence-electron chi connectivity index (χ0n) is 29.7. The van der Waals surface area contributed by atoms with E-state index in [9.17, 15) is 52.8 Å². The Morgan fingerprint density at radius 1 is 0.889 bits per heavy atom. The number of benzene rings is 4. The van der Waals surface area contributed by atoms with E-state index in [1.807, 2.05) is 6.07 Å². The van der Waals surface area contributed by atoms with Gasteiger partial charge in [-0.3, -0.25) is 19.7 Å². The summed E-state index contributed by atoms with van der Waals surface area (Å²) in [7, 11) is -5.35. The van der Waals surface area contributed by atoms with E-state index in [4.69, 9.17) is 0 Å². The predicted octanol–water partition coefficient (Wildman–Crippen LogP) is 2.99. The zero-order chi connectivity index (χ0) is 38.9. The molecule has 21 heteroatoms. The number of hydrogen-bond donors (Lipinski definition) is 1. The van der Waals surface area contributed by atoms with Crippen LogP contribution in [0, 0.1) is 17.0 Å². The van der Waals surface area contributed by atoms with Crippen molar-refractivity contribution in [2.24, 2.45) is 20.5 Å². The van der Waals surface area contributed by atoms with Crippen molar-refractivity contribution >= 4 is 50.3 Å². The molecule has 0 amide bonds. The molecule has 1 aromatic heterocycles. The molecular weight excluding hydrogens is 768 g/mol. The fraction of sp³-hybridized carbons (Fsp3) is 0.0606. The van der Waals surface area contributed by atoms with Crippen molar-refractivity contribution in [3.63, 3.8) is 0 Å². The second-order valence-corrected chi connectivity index (χ2v) is 11.8. The maximum atomic E-state index is 12.4. The number of azo groups is 2. The van der Waals surface area contributed by atoms with Gasteiger partial charge in [0.2, 0.25) is 0 Å². The molecule has 0 fully saturated rings. The van der Waals surface area contributed by atoms with Gasteiger partial charge in [-0.25, -0.2) is 8.42 Å². The quantitative estimate of drug-likeness (QED) is 0.0503. The molecular formula is C33H25CrN8O11S. The first-order chi connectivity index (χ1) is 25.1. The number of carboxylic acid groups (broad SMARTS) is 1. The minimum absolute atomic E-state index is 0. The standard InChI is InChI=1S/C17H14N4O3.C16H14N4O8S.Cr/c1-11-15(16(22)21(20-11)12-7-3-2-4-8-12)19-18-14-10-6-5-9-13(14)17(23)24;1-9(21)14(16(23)17-10-5-3-2-4-6-10)19-18-12-7-11(20(24)25)8-13(15(12)22)29(26,27)28;/h2-10H,1H3,(H2,18,20,22,23,24);2-8,17,22-23H,1H3,(H,26,27,28);/q;;+3/p-3/b;16-14+,19-18?;. The van der Waals surface area contributed by atoms with Gasteiger partial charge in [-0.1, -0.05) is 67.3 Å². The summed E-state index contributed by atoms with van der Waals surface area (Å²) in [4.78, 5) is 43.7. The average Bonchev–Trinajstić information content (AvgIpc) is 3.40. The number of nitro groups is 1. The first kappa shape index (κ1) is 41.6. The third-order valence-electron chi connectivity index (χ3n) is 6.71. The fourth-order valence-corrected chi connectivity index (χ4v) is 4.82. The number of carboxylic acids is 1. The molecule has 4 aromatic carbocycles. The maximum Gasteiger partial charge on any atom is 3.00 e. The molecule has 0 spiro atoms. The van der Waals surface area contributed by atoms with Crippen LogP contribution in [0.15, 0.2) is 139 Å². The van der Waals surface area contributed by atoms with Crippen LogP contribution in [-0.2, 0) is 32.3 Å². The Morgan fingerprint density at radius 2 is 1.48 bits per heavy atom. The molecule has 0 bridgehead atoms. The fourth-order valence-electron chi connectivity index (χ4n) is 4.22. The Balaban J connectivity index is 0.000000539. The van der Waals surface area contributed by atoms with Gasteiger partial charge in [0.1, 0.15) is 21.5 Å². The summed E-state index contributed by atoms with van der Waals surface area (Å²) in [5.41, 5.74) is -1.57. The Bertz CT molecular complexity index is 2460. The molecule has 1 radical (unpaired) electrons. The van der Waals surface area contributed by atoms with Crippen molar-refractivity contribution in [1.82, 2.24) is 9.78 Å². The number of hydrogen-bond acceptors (Lipinski definition) is 16. The third kappa shape index (κ3) is 10.4. The molecule has 0 aliphatic carbocycles. The van der Waals surface area contributed by atoms with E-state index in [1.54, 1.807) is 61.5 Å². The number of para-hydroxylation sites is 2. The molecule has 0 saturated heterocycles. The largest absolute Gasteiger partial charge is 3.00 e. The van der Waals surface area contributed by atoms with Crippen LogP contribution in [0.2, 0.25) is 0 Å². The number of aromatic nitrogens is 2. The molecule has 19 nitrogen and oxygen atoms in total. The van der Waals surface area contributed by atoms with E-state index in [-0.39, 0.29) is 37.2 Å².